The molecule has 4 nitrogen and oxygen atoms in total. The lowest BCUT2D eigenvalue weighted by atomic mass is 9.96. The van der Waals surface area contributed by atoms with Crippen molar-refractivity contribution in [3.05, 3.63) is 65.4 Å². The first-order valence-electron chi connectivity index (χ1n) is 10.3. The van der Waals surface area contributed by atoms with E-state index in [9.17, 15) is 4.79 Å². The topological polar surface area (TPSA) is 51.5 Å². The molecule has 0 bridgehead atoms. The number of carbonyl (C=O) groups is 1. The second-order valence-corrected chi connectivity index (χ2v) is 8.93. The number of hydrogen-bond acceptors (Lipinski definition) is 4. The van der Waals surface area contributed by atoms with Crippen LogP contribution in [0.5, 0.6) is 5.75 Å². The van der Waals surface area contributed by atoms with Crippen LogP contribution in [0.25, 0.3) is 11.0 Å². The molecule has 0 unspecified atom stereocenters. The van der Waals surface area contributed by atoms with E-state index in [2.05, 4.69) is 26.1 Å². The summed E-state index contributed by atoms with van der Waals surface area (Å²) in [6.45, 7) is 13.0. The Morgan fingerprint density at radius 3 is 2.41 bits per heavy atom. The third kappa shape index (κ3) is 5.27. The predicted molar refractivity (Wildman–Crippen MR) is 118 cm³/mol. The summed E-state index contributed by atoms with van der Waals surface area (Å²) in [4.78, 5) is 13.2. The van der Waals surface area contributed by atoms with E-state index < -0.39 is 0 Å². The molecule has 3 aromatic rings. The van der Waals surface area contributed by atoms with Crippen molar-refractivity contribution in [3.8, 4) is 5.75 Å². The molecule has 29 heavy (non-hydrogen) atoms. The fourth-order valence-electron chi connectivity index (χ4n) is 3.26. The van der Waals surface area contributed by atoms with Gasteiger partial charge in [0.2, 0.25) is 0 Å². The molecular formula is C25H31NO3. The van der Waals surface area contributed by atoms with E-state index >= 15 is 0 Å². The maximum Gasteiger partial charge on any atom is 0.197 e. The van der Waals surface area contributed by atoms with Crippen molar-refractivity contribution >= 4 is 16.8 Å². The third-order valence-electron chi connectivity index (χ3n) is 4.69. The normalized spacial score (nSPS) is 11.9. The lowest BCUT2D eigenvalue weighted by Crippen LogP contribution is -2.30. The Morgan fingerprint density at radius 1 is 1.07 bits per heavy atom. The number of ketones is 1. The summed E-state index contributed by atoms with van der Waals surface area (Å²) in [7, 11) is 0. The van der Waals surface area contributed by atoms with E-state index in [0.29, 0.717) is 17.7 Å². The number of fused-ring (bicyclic) bond motifs is 1. The van der Waals surface area contributed by atoms with Gasteiger partial charge in [-0.25, -0.2) is 0 Å². The third-order valence-corrected chi connectivity index (χ3v) is 4.69. The van der Waals surface area contributed by atoms with Gasteiger partial charge in [0.15, 0.2) is 5.78 Å². The molecule has 154 valence electrons. The van der Waals surface area contributed by atoms with E-state index in [1.807, 2.05) is 62.4 Å². The highest BCUT2D eigenvalue weighted by Gasteiger charge is 2.23. The molecule has 0 amide bonds. The average Bonchev–Trinajstić information content (AvgIpc) is 3.07. The average molecular weight is 394 g/mol. The van der Waals surface area contributed by atoms with Crippen LogP contribution in [-0.2, 0) is 0 Å². The Kier molecular flexibility index (Phi) is 6.43. The van der Waals surface area contributed by atoms with Crippen LogP contribution in [0, 0.1) is 5.41 Å². The lowest BCUT2D eigenvalue weighted by molar-refractivity contribution is 0.103. The van der Waals surface area contributed by atoms with E-state index in [0.717, 1.165) is 35.6 Å². The summed E-state index contributed by atoms with van der Waals surface area (Å²) >= 11 is 0. The summed E-state index contributed by atoms with van der Waals surface area (Å²) in [5.41, 5.74) is 2.31. The molecular weight excluding hydrogens is 362 g/mol. The summed E-state index contributed by atoms with van der Waals surface area (Å²) in [5, 5.41) is 4.26. The van der Waals surface area contributed by atoms with Crippen LogP contribution in [-0.4, -0.2) is 25.5 Å². The van der Waals surface area contributed by atoms with Crippen LogP contribution in [0.3, 0.4) is 0 Å². The zero-order valence-corrected chi connectivity index (χ0v) is 18.0. The first-order valence-corrected chi connectivity index (χ1v) is 10.3. The molecule has 0 spiro atoms. The number of furan rings is 1. The van der Waals surface area contributed by atoms with Crippen molar-refractivity contribution in [2.45, 2.75) is 40.5 Å². The molecule has 1 heterocycles. The SMILES string of the molecule is CC(C)c1oc2ccccc2c1C(=O)c1ccc(OCCNCC(C)(C)C)cc1. The zero-order chi connectivity index (χ0) is 21.0. The van der Waals surface area contributed by atoms with Crippen LogP contribution < -0.4 is 10.1 Å². The maximum absolute atomic E-state index is 13.2. The van der Waals surface area contributed by atoms with Gasteiger partial charge in [0.05, 0.1) is 5.56 Å². The number of nitrogens with one attached hydrogen (secondary N) is 1. The molecule has 0 saturated carbocycles. The molecule has 1 aromatic heterocycles. The summed E-state index contributed by atoms with van der Waals surface area (Å²) in [6, 6.07) is 15.1. The van der Waals surface area contributed by atoms with E-state index in [-0.39, 0.29) is 17.1 Å². The van der Waals surface area contributed by atoms with E-state index in [1.165, 1.54) is 0 Å². The molecule has 0 radical (unpaired) electrons. The largest absolute Gasteiger partial charge is 0.492 e. The van der Waals surface area contributed by atoms with Crippen LogP contribution >= 0.6 is 0 Å². The van der Waals surface area contributed by atoms with Gasteiger partial charge >= 0.3 is 0 Å². The number of hydrogen-bond donors (Lipinski definition) is 1. The van der Waals surface area contributed by atoms with Crippen molar-refractivity contribution in [3.63, 3.8) is 0 Å². The van der Waals surface area contributed by atoms with Crippen molar-refractivity contribution in [1.82, 2.24) is 5.32 Å². The predicted octanol–water partition coefficient (Wildman–Crippen LogP) is 5.80. The number of rotatable bonds is 8. The number of ether oxygens (including phenoxy) is 1. The first kappa shape index (κ1) is 21.1. The Labute approximate surface area is 173 Å². The zero-order valence-electron chi connectivity index (χ0n) is 18.0. The molecule has 0 saturated heterocycles. The smallest absolute Gasteiger partial charge is 0.197 e. The van der Waals surface area contributed by atoms with Gasteiger partial charge in [-0.1, -0.05) is 52.8 Å². The van der Waals surface area contributed by atoms with Gasteiger partial charge in [0.1, 0.15) is 23.7 Å². The molecule has 0 atom stereocenters. The minimum absolute atomic E-state index is 0.0166. The first-order chi connectivity index (χ1) is 13.8. The Balaban J connectivity index is 1.70. The van der Waals surface area contributed by atoms with Crippen LogP contribution in [0.1, 0.15) is 62.2 Å². The highest BCUT2D eigenvalue weighted by atomic mass is 16.5. The lowest BCUT2D eigenvalue weighted by Gasteiger charge is -2.18. The summed E-state index contributed by atoms with van der Waals surface area (Å²) in [6.07, 6.45) is 0. The minimum Gasteiger partial charge on any atom is -0.492 e. The Hall–Kier alpha value is -2.59. The van der Waals surface area contributed by atoms with Crippen molar-refractivity contribution < 1.29 is 13.9 Å². The number of benzene rings is 2. The molecule has 0 fully saturated rings. The summed E-state index contributed by atoms with van der Waals surface area (Å²) in [5.74, 6) is 1.61. The van der Waals surface area contributed by atoms with Gasteiger partial charge in [0.25, 0.3) is 0 Å². The number of para-hydroxylation sites is 1. The minimum atomic E-state index is -0.0166. The molecule has 1 N–H and O–H groups in total. The van der Waals surface area contributed by atoms with Gasteiger partial charge in [-0.05, 0) is 35.7 Å². The maximum atomic E-state index is 13.2. The second-order valence-electron chi connectivity index (χ2n) is 8.93. The fourth-order valence-corrected chi connectivity index (χ4v) is 3.26. The highest BCUT2D eigenvalue weighted by Crippen LogP contribution is 2.32. The van der Waals surface area contributed by atoms with Crippen LogP contribution in [0.2, 0.25) is 0 Å². The number of carbonyl (C=O) groups excluding carboxylic acids is 1. The molecule has 0 aliphatic rings. The van der Waals surface area contributed by atoms with E-state index in [1.54, 1.807) is 0 Å². The molecule has 0 aliphatic carbocycles. The van der Waals surface area contributed by atoms with Crippen molar-refractivity contribution in [1.29, 1.82) is 0 Å². The Bertz CT molecular complexity index is 962. The van der Waals surface area contributed by atoms with Crippen molar-refractivity contribution in [2.24, 2.45) is 5.41 Å². The Morgan fingerprint density at radius 2 is 1.76 bits per heavy atom. The fraction of sp³-hybridized carbons (Fsp3) is 0.400. The molecule has 2 aromatic carbocycles. The van der Waals surface area contributed by atoms with E-state index in [4.69, 9.17) is 9.15 Å². The quantitative estimate of drug-likeness (QED) is 0.388. The van der Waals surface area contributed by atoms with Gasteiger partial charge in [-0.3, -0.25) is 4.79 Å². The molecule has 0 aliphatic heterocycles. The van der Waals surface area contributed by atoms with Crippen LogP contribution in [0.15, 0.2) is 52.9 Å². The van der Waals surface area contributed by atoms with Gasteiger partial charge < -0.3 is 14.5 Å². The van der Waals surface area contributed by atoms with Crippen LogP contribution in [0.4, 0.5) is 0 Å². The van der Waals surface area contributed by atoms with Gasteiger partial charge in [-0.2, -0.15) is 0 Å². The highest BCUT2D eigenvalue weighted by molar-refractivity contribution is 6.17. The summed E-state index contributed by atoms with van der Waals surface area (Å²) < 4.78 is 11.8. The second kappa shape index (κ2) is 8.83. The van der Waals surface area contributed by atoms with Crippen molar-refractivity contribution in [2.75, 3.05) is 19.7 Å². The van der Waals surface area contributed by atoms with Gasteiger partial charge in [0, 0.05) is 30.0 Å². The standard InChI is InChI=1S/C25H31NO3/c1-17(2)24-22(20-8-6-7-9-21(20)29-24)23(27)18-10-12-19(13-11-18)28-15-14-26-16-25(3,4)5/h6-13,17,26H,14-16H2,1-5H3. The van der Waals surface area contributed by atoms with Gasteiger partial charge in [-0.15, -0.1) is 0 Å². The molecule has 4 heteroatoms. The monoisotopic (exact) mass is 393 g/mol. The molecule has 3 rings (SSSR count).